The Bertz CT molecular complexity index is 1100. The molecule has 1 N–H and O–H groups in total. The maximum atomic E-state index is 13.8. The molecule has 2 aromatic rings. The summed E-state index contributed by atoms with van der Waals surface area (Å²) in [6, 6.07) is 8.72. The smallest absolute Gasteiger partial charge is 0.244 e. The van der Waals surface area contributed by atoms with E-state index in [9.17, 15) is 13.2 Å². The van der Waals surface area contributed by atoms with E-state index in [1.54, 1.807) is 18.2 Å². The van der Waals surface area contributed by atoms with E-state index >= 15 is 0 Å². The normalized spacial score (nSPS) is 16.4. The minimum Gasteiger partial charge on any atom is -0.454 e. The lowest BCUT2D eigenvalue weighted by Gasteiger charge is -2.33. The van der Waals surface area contributed by atoms with Crippen molar-refractivity contribution in [1.29, 1.82) is 0 Å². The lowest BCUT2D eigenvalue weighted by molar-refractivity contribution is -0.116. The Morgan fingerprint density at radius 1 is 1.00 bits per heavy atom. The molecular formula is C24H30N2O5S. The second-order valence-electron chi connectivity index (χ2n) is 8.69. The van der Waals surface area contributed by atoms with Crippen molar-refractivity contribution < 1.29 is 22.7 Å². The Morgan fingerprint density at radius 2 is 1.66 bits per heavy atom. The van der Waals surface area contributed by atoms with Crippen molar-refractivity contribution in [2.75, 3.05) is 18.7 Å². The fourth-order valence-corrected chi connectivity index (χ4v) is 6.84. The molecule has 172 valence electrons. The summed E-state index contributed by atoms with van der Waals surface area (Å²) in [7, 11) is -3.85. The van der Waals surface area contributed by atoms with Gasteiger partial charge in [-0.15, -0.1) is 0 Å². The summed E-state index contributed by atoms with van der Waals surface area (Å²) in [5.74, 6) is 0.811. The predicted molar refractivity (Wildman–Crippen MR) is 123 cm³/mol. The van der Waals surface area contributed by atoms with Crippen LogP contribution in [-0.4, -0.2) is 38.0 Å². The zero-order valence-electron chi connectivity index (χ0n) is 18.8. The van der Waals surface area contributed by atoms with Crippen molar-refractivity contribution in [2.24, 2.45) is 0 Å². The number of ether oxygens (including phenoxy) is 2. The number of benzene rings is 2. The van der Waals surface area contributed by atoms with Gasteiger partial charge in [-0.1, -0.05) is 37.0 Å². The first-order valence-corrected chi connectivity index (χ1v) is 12.5. The van der Waals surface area contributed by atoms with E-state index < -0.39 is 10.0 Å². The van der Waals surface area contributed by atoms with Crippen LogP contribution in [0, 0.1) is 20.8 Å². The minimum absolute atomic E-state index is 0.148. The number of nitrogens with zero attached hydrogens (tertiary/aromatic N) is 1. The highest BCUT2D eigenvalue weighted by molar-refractivity contribution is 7.89. The number of amides is 1. The van der Waals surface area contributed by atoms with Gasteiger partial charge >= 0.3 is 0 Å². The molecule has 1 fully saturated rings. The molecule has 0 radical (unpaired) electrons. The monoisotopic (exact) mass is 458 g/mol. The fraction of sp³-hybridized carbons (Fsp3) is 0.458. The van der Waals surface area contributed by atoms with Crippen molar-refractivity contribution in [3.63, 3.8) is 0 Å². The average molecular weight is 459 g/mol. The summed E-state index contributed by atoms with van der Waals surface area (Å²) in [4.78, 5) is 13.3. The molecule has 2 aromatic carbocycles. The van der Waals surface area contributed by atoms with Crippen molar-refractivity contribution in [2.45, 2.75) is 63.8 Å². The third-order valence-electron chi connectivity index (χ3n) is 6.11. The zero-order valence-corrected chi connectivity index (χ0v) is 19.6. The molecule has 1 amide bonds. The van der Waals surface area contributed by atoms with Gasteiger partial charge in [0.15, 0.2) is 11.5 Å². The first kappa shape index (κ1) is 22.6. The van der Waals surface area contributed by atoms with Crippen LogP contribution in [0.25, 0.3) is 0 Å². The SMILES string of the molecule is Cc1cc(C)c(S(=O)(=O)N(CC(=O)Nc2ccc3c(c2)OCO3)C2CCCCC2)c(C)c1. The molecule has 1 aliphatic carbocycles. The van der Waals surface area contributed by atoms with E-state index in [4.69, 9.17) is 9.47 Å². The molecule has 1 heterocycles. The van der Waals surface area contributed by atoms with Crippen LogP contribution in [0.5, 0.6) is 11.5 Å². The predicted octanol–water partition coefficient (Wildman–Crippen LogP) is 4.30. The maximum Gasteiger partial charge on any atom is 0.244 e. The first-order valence-electron chi connectivity index (χ1n) is 11.0. The van der Waals surface area contributed by atoms with Crippen LogP contribution in [0.1, 0.15) is 48.8 Å². The number of anilines is 1. The molecule has 0 atom stereocenters. The third-order valence-corrected chi connectivity index (χ3v) is 8.31. The van der Waals surface area contributed by atoms with Crippen molar-refractivity contribution in [1.82, 2.24) is 4.31 Å². The molecular weight excluding hydrogens is 428 g/mol. The van der Waals surface area contributed by atoms with E-state index in [2.05, 4.69) is 5.32 Å². The van der Waals surface area contributed by atoms with Gasteiger partial charge in [-0.25, -0.2) is 8.42 Å². The van der Waals surface area contributed by atoms with Crippen LogP contribution >= 0.6 is 0 Å². The first-order chi connectivity index (χ1) is 15.3. The highest BCUT2D eigenvalue weighted by atomic mass is 32.2. The molecule has 1 aliphatic heterocycles. The number of carbonyl (C=O) groups is 1. The van der Waals surface area contributed by atoms with Gasteiger partial charge < -0.3 is 14.8 Å². The van der Waals surface area contributed by atoms with Crippen LogP contribution in [-0.2, 0) is 14.8 Å². The lowest BCUT2D eigenvalue weighted by atomic mass is 9.95. The Hall–Kier alpha value is -2.58. The van der Waals surface area contributed by atoms with Crippen LogP contribution in [0.2, 0.25) is 0 Å². The fourth-order valence-electron chi connectivity index (χ4n) is 4.79. The molecule has 0 saturated heterocycles. The Labute approximate surface area is 189 Å². The Kier molecular flexibility index (Phi) is 6.44. The Balaban J connectivity index is 1.61. The van der Waals surface area contributed by atoms with Crippen LogP contribution in [0.15, 0.2) is 35.2 Å². The number of aryl methyl sites for hydroxylation is 3. The molecule has 0 aromatic heterocycles. The number of fused-ring (bicyclic) bond motifs is 1. The van der Waals surface area contributed by atoms with E-state index in [0.717, 1.165) is 37.7 Å². The number of hydrogen-bond donors (Lipinski definition) is 1. The van der Waals surface area contributed by atoms with Gasteiger partial charge in [0, 0.05) is 17.8 Å². The van der Waals surface area contributed by atoms with Crippen molar-refractivity contribution in [3.8, 4) is 11.5 Å². The number of rotatable bonds is 6. The number of nitrogens with one attached hydrogen (secondary N) is 1. The maximum absolute atomic E-state index is 13.8. The number of carbonyl (C=O) groups excluding carboxylic acids is 1. The number of hydrogen-bond acceptors (Lipinski definition) is 5. The zero-order chi connectivity index (χ0) is 22.9. The second-order valence-corrected chi connectivity index (χ2v) is 10.5. The van der Waals surface area contributed by atoms with Gasteiger partial charge in [0.05, 0.1) is 11.4 Å². The van der Waals surface area contributed by atoms with Gasteiger partial charge in [-0.3, -0.25) is 4.79 Å². The average Bonchev–Trinajstić information content (AvgIpc) is 3.19. The van der Waals surface area contributed by atoms with Gasteiger partial charge in [-0.05, 0) is 56.9 Å². The van der Waals surface area contributed by atoms with Gasteiger partial charge in [0.2, 0.25) is 22.7 Å². The van der Waals surface area contributed by atoms with Crippen LogP contribution in [0.4, 0.5) is 5.69 Å². The molecule has 0 bridgehead atoms. The number of sulfonamides is 1. The van der Waals surface area contributed by atoms with E-state index in [-0.39, 0.29) is 25.3 Å². The summed E-state index contributed by atoms with van der Waals surface area (Å²) in [6.45, 7) is 5.51. The summed E-state index contributed by atoms with van der Waals surface area (Å²) in [6.07, 6.45) is 4.55. The van der Waals surface area contributed by atoms with Gasteiger partial charge in [0.25, 0.3) is 0 Å². The molecule has 32 heavy (non-hydrogen) atoms. The molecule has 1 saturated carbocycles. The molecule has 2 aliphatic rings. The summed E-state index contributed by atoms with van der Waals surface area (Å²) in [5.41, 5.74) is 2.98. The highest BCUT2D eigenvalue weighted by Gasteiger charge is 2.35. The van der Waals surface area contributed by atoms with Crippen LogP contribution in [0.3, 0.4) is 0 Å². The van der Waals surface area contributed by atoms with E-state index in [0.29, 0.717) is 33.2 Å². The summed E-state index contributed by atoms with van der Waals surface area (Å²) < 4.78 is 39.8. The van der Waals surface area contributed by atoms with E-state index in [1.807, 2.05) is 32.9 Å². The molecule has 7 nitrogen and oxygen atoms in total. The largest absolute Gasteiger partial charge is 0.454 e. The second kappa shape index (κ2) is 9.11. The molecule has 8 heteroatoms. The minimum atomic E-state index is -3.85. The summed E-state index contributed by atoms with van der Waals surface area (Å²) >= 11 is 0. The van der Waals surface area contributed by atoms with Crippen molar-refractivity contribution in [3.05, 3.63) is 47.0 Å². The molecule has 0 spiro atoms. The lowest BCUT2D eigenvalue weighted by Crippen LogP contribution is -2.46. The van der Waals surface area contributed by atoms with Gasteiger partial charge in [0.1, 0.15) is 0 Å². The Morgan fingerprint density at radius 3 is 2.34 bits per heavy atom. The quantitative estimate of drug-likeness (QED) is 0.698. The molecule has 0 unspecified atom stereocenters. The highest BCUT2D eigenvalue weighted by Crippen LogP contribution is 2.35. The topological polar surface area (TPSA) is 84.9 Å². The molecule has 4 rings (SSSR count). The van der Waals surface area contributed by atoms with Gasteiger partial charge in [-0.2, -0.15) is 4.31 Å². The standard InChI is InChI=1S/C24H30N2O5S/c1-16-11-17(2)24(18(3)12-16)32(28,29)26(20-7-5-4-6-8-20)14-23(27)25-19-9-10-21-22(13-19)31-15-30-21/h9-13,20H,4-8,14-15H2,1-3H3,(H,25,27). The summed E-state index contributed by atoms with van der Waals surface area (Å²) in [5, 5.41) is 2.82. The third kappa shape index (κ3) is 4.61. The van der Waals surface area contributed by atoms with Crippen molar-refractivity contribution >= 4 is 21.6 Å². The van der Waals surface area contributed by atoms with E-state index in [1.165, 1.54) is 4.31 Å². The van der Waals surface area contributed by atoms with Crippen LogP contribution < -0.4 is 14.8 Å².